The van der Waals surface area contributed by atoms with Crippen LogP contribution in [-0.4, -0.2) is 45.2 Å². The number of nitrogens with one attached hydrogen (secondary N) is 1. The Morgan fingerprint density at radius 2 is 2.06 bits per heavy atom. The summed E-state index contributed by atoms with van der Waals surface area (Å²) in [6, 6.07) is 14.7. The zero-order chi connectivity index (χ0) is 23.7. The van der Waals surface area contributed by atoms with Crippen LogP contribution in [0.25, 0.3) is 11.0 Å². The number of rotatable bonds is 4. The Kier molecular flexibility index (Phi) is 5.65. The van der Waals surface area contributed by atoms with Crippen molar-refractivity contribution in [2.75, 3.05) is 18.6 Å². The van der Waals surface area contributed by atoms with E-state index >= 15 is 0 Å². The van der Waals surface area contributed by atoms with Gasteiger partial charge in [0, 0.05) is 30.6 Å². The number of hydrogen-bond donors (Lipinski definition) is 1. The Balaban J connectivity index is 1.55. The SMILES string of the molecule is COc1cc(N2CCCCc3cccnc32)ccc1C(=O)[N+](=C=O)c1cccc2[nH]c(C)nc12. The molecule has 3 heterocycles. The maximum absolute atomic E-state index is 13.5. The zero-order valence-electron chi connectivity index (χ0n) is 19.0. The molecular formula is C26H24N5O3+. The van der Waals surface area contributed by atoms with Crippen molar-refractivity contribution in [2.24, 2.45) is 0 Å². The van der Waals surface area contributed by atoms with Crippen molar-refractivity contribution in [2.45, 2.75) is 26.2 Å². The summed E-state index contributed by atoms with van der Waals surface area (Å²) >= 11 is 0. The number of amides is 1. The van der Waals surface area contributed by atoms with Gasteiger partial charge in [0.05, 0.1) is 12.6 Å². The van der Waals surface area contributed by atoms with Gasteiger partial charge in [0.1, 0.15) is 23.0 Å². The van der Waals surface area contributed by atoms with Gasteiger partial charge in [-0.15, -0.1) is 0 Å². The summed E-state index contributed by atoms with van der Waals surface area (Å²) in [6.07, 6.45) is 6.66. The van der Waals surface area contributed by atoms with Crippen LogP contribution in [-0.2, 0) is 11.2 Å². The van der Waals surface area contributed by atoms with E-state index in [0.29, 0.717) is 22.8 Å². The molecule has 0 atom stereocenters. The maximum atomic E-state index is 13.5. The number of imidazole rings is 1. The molecule has 34 heavy (non-hydrogen) atoms. The minimum absolute atomic E-state index is 0.259. The molecule has 2 aromatic heterocycles. The number of isocyanates is 1. The van der Waals surface area contributed by atoms with Crippen LogP contribution in [0.1, 0.15) is 34.6 Å². The van der Waals surface area contributed by atoms with E-state index in [9.17, 15) is 9.59 Å². The smallest absolute Gasteiger partial charge is 0.440 e. The van der Waals surface area contributed by atoms with Crippen LogP contribution in [0.15, 0.2) is 54.7 Å². The predicted octanol–water partition coefficient (Wildman–Crippen LogP) is 4.57. The number of anilines is 2. The van der Waals surface area contributed by atoms with Crippen LogP contribution in [0.3, 0.4) is 0 Å². The molecule has 0 saturated heterocycles. The highest BCUT2D eigenvalue weighted by Crippen LogP contribution is 2.35. The summed E-state index contributed by atoms with van der Waals surface area (Å²) in [7, 11) is 1.51. The first-order valence-corrected chi connectivity index (χ1v) is 11.2. The summed E-state index contributed by atoms with van der Waals surface area (Å²) < 4.78 is 6.54. The fourth-order valence-corrected chi connectivity index (χ4v) is 4.48. The van der Waals surface area contributed by atoms with Gasteiger partial charge >= 0.3 is 12.0 Å². The van der Waals surface area contributed by atoms with Crippen molar-refractivity contribution in [3.63, 3.8) is 0 Å². The average molecular weight is 455 g/mol. The number of carbonyl (C=O) groups is 1. The molecule has 0 unspecified atom stereocenters. The van der Waals surface area contributed by atoms with Crippen molar-refractivity contribution in [3.05, 3.63) is 71.7 Å². The minimum Gasteiger partial charge on any atom is -0.496 e. The molecule has 1 aliphatic rings. The largest absolute Gasteiger partial charge is 0.496 e. The molecule has 8 nitrogen and oxygen atoms in total. The van der Waals surface area contributed by atoms with Gasteiger partial charge in [0.25, 0.3) is 5.69 Å². The lowest BCUT2D eigenvalue weighted by atomic mass is 10.1. The quantitative estimate of drug-likeness (QED) is 0.276. The van der Waals surface area contributed by atoms with E-state index < -0.39 is 5.91 Å². The van der Waals surface area contributed by atoms with E-state index in [1.807, 2.05) is 31.2 Å². The van der Waals surface area contributed by atoms with Crippen LogP contribution in [0, 0.1) is 6.92 Å². The van der Waals surface area contributed by atoms with Crippen LogP contribution in [0.2, 0.25) is 0 Å². The molecule has 0 radical (unpaired) electrons. The van der Waals surface area contributed by atoms with Gasteiger partial charge in [0.2, 0.25) is 0 Å². The predicted molar refractivity (Wildman–Crippen MR) is 128 cm³/mol. The second-order valence-electron chi connectivity index (χ2n) is 8.21. The number of aromatic amines is 1. The molecule has 0 aliphatic carbocycles. The van der Waals surface area contributed by atoms with Gasteiger partial charge in [-0.3, -0.25) is 0 Å². The fourth-order valence-electron chi connectivity index (χ4n) is 4.48. The fraction of sp³-hybridized carbons (Fsp3) is 0.231. The van der Waals surface area contributed by atoms with E-state index in [4.69, 9.17) is 4.74 Å². The summed E-state index contributed by atoms with van der Waals surface area (Å²) in [6.45, 7) is 2.63. The first-order valence-electron chi connectivity index (χ1n) is 11.2. The number of aryl methyl sites for hydroxylation is 2. The third kappa shape index (κ3) is 3.74. The summed E-state index contributed by atoms with van der Waals surface area (Å²) in [5.41, 5.74) is 3.95. The molecule has 1 N–H and O–H groups in total. The number of methoxy groups -OCH3 is 1. The van der Waals surface area contributed by atoms with E-state index in [1.54, 1.807) is 30.5 Å². The number of fused-ring (bicyclic) bond motifs is 2. The molecular weight excluding hydrogens is 430 g/mol. The first kappa shape index (κ1) is 21.6. The summed E-state index contributed by atoms with van der Waals surface area (Å²) in [5, 5.41) is 0. The van der Waals surface area contributed by atoms with Gasteiger partial charge in [-0.05, 0) is 60.6 Å². The number of benzene rings is 2. The van der Waals surface area contributed by atoms with Crippen molar-refractivity contribution in [1.82, 2.24) is 15.0 Å². The molecule has 5 rings (SSSR count). The number of ether oxygens (including phenoxy) is 1. The lowest BCUT2D eigenvalue weighted by Crippen LogP contribution is -2.20. The molecule has 4 aromatic rings. The first-order chi connectivity index (χ1) is 16.6. The second-order valence-corrected chi connectivity index (χ2v) is 8.21. The minimum atomic E-state index is -0.541. The Morgan fingerprint density at radius 3 is 2.88 bits per heavy atom. The van der Waals surface area contributed by atoms with Gasteiger partial charge in [-0.25, -0.2) is 14.8 Å². The highest BCUT2D eigenvalue weighted by atomic mass is 16.5. The molecule has 0 saturated carbocycles. The Morgan fingerprint density at radius 1 is 1.18 bits per heavy atom. The summed E-state index contributed by atoms with van der Waals surface area (Å²) in [5.74, 6) is 1.44. The van der Waals surface area contributed by atoms with E-state index in [1.165, 1.54) is 12.7 Å². The van der Waals surface area contributed by atoms with Crippen molar-refractivity contribution in [1.29, 1.82) is 0 Å². The monoisotopic (exact) mass is 454 g/mol. The lowest BCUT2D eigenvalue weighted by molar-refractivity contribution is -0.330. The molecule has 1 aliphatic heterocycles. The number of nitrogens with zero attached hydrogens (tertiary/aromatic N) is 4. The normalized spacial score (nSPS) is 13.2. The van der Waals surface area contributed by atoms with Crippen LogP contribution >= 0.6 is 0 Å². The zero-order valence-corrected chi connectivity index (χ0v) is 19.0. The van der Waals surface area contributed by atoms with Crippen molar-refractivity contribution < 1.29 is 18.9 Å². The molecule has 0 bridgehead atoms. The Hall–Kier alpha value is -4.29. The number of para-hydroxylation sites is 1. The maximum Gasteiger partial charge on any atom is 0.440 e. The van der Waals surface area contributed by atoms with Crippen LogP contribution in [0.4, 0.5) is 17.2 Å². The Bertz CT molecular complexity index is 1450. The molecule has 0 fully saturated rings. The Labute approximate surface area is 196 Å². The molecule has 1 amide bonds. The molecule has 8 heteroatoms. The van der Waals surface area contributed by atoms with E-state index in [0.717, 1.165) is 47.4 Å². The van der Waals surface area contributed by atoms with Gasteiger partial charge in [-0.1, -0.05) is 12.1 Å². The van der Waals surface area contributed by atoms with Gasteiger partial charge in [-0.2, -0.15) is 4.79 Å². The van der Waals surface area contributed by atoms with Gasteiger partial charge in [0.15, 0.2) is 5.52 Å². The summed E-state index contributed by atoms with van der Waals surface area (Å²) in [4.78, 5) is 39.7. The third-order valence-corrected chi connectivity index (χ3v) is 6.07. The number of H-pyrrole nitrogens is 1. The van der Waals surface area contributed by atoms with E-state index in [-0.39, 0.29) is 5.56 Å². The standard InChI is InChI=1S/C26H24N5O3/c1-17-28-21-9-5-10-22(24(21)29-17)31(16-32)26(33)20-12-11-19(15-23(20)34-2)30-14-4-3-7-18-8-6-13-27-25(18)30/h5-6,8-13,15H,3-4,7,14H2,1-2H3,(H,28,29)/q+1. The average Bonchev–Trinajstić information content (AvgIpc) is 3.12. The third-order valence-electron chi connectivity index (χ3n) is 6.07. The van der Waals surface area contributed by atoms with Gasteiger partial charge < -0.3 is 14.6 Å². The lowest BCUT2D eigenvalue weighted by Gasteiger charge is -2.24. The number of aromatic nitrogens is 3. The highest BCUT2D eigenvalue weighted by molar-refractivity contribution is 5.96. The molecule has 170 valence electrons. The van der Waals surface area contributed by atoms with Crippen molar-refractivity contribution in [3.8, 4) is 5.75 Å². The van der Waals surface area contributed by atoms with E-state index in [2.05, 4.69) is 25.9 Å². The van der Waals surface area contributed by atoms with Crippen LogP contribution in [0.5, 0.6) is 5.75 Å². The topological polar surface area (TPSA) is 91.2 Å². The highest BCUT2D eigenvalue weighted by Gasteiger charge is 2.31. The molecule has 0 spiro atoms. The second kappa shape index (κ2) is 8.92. The van der Waals surface area contributed by atoms with Crippen LogP contribution < -0.4 is 9.64 Å². The molecule has 2 aromatic carbocycles. The number of carbonyl (C=O) groups excluding carboxylic acids is 2. The number of hydrogen-bond acceptors (Lipinski definition) is 6. The van der Waals surface area contributed by atoms with Crippen molar-refractivity contribution >= 4 is 40.2 Å². The number of pyridine rings is 1.